The first-order valence-corrected chi connectivity index (χ1v) is 11.2. The molecule has 1 aromatic heterocycles. The van der Waals surface area contributed by atoms with E-state index in [-0.39, 0.29) is 24.2 Å². The summed E-state index contributed by atoms with van der Waals surface area (Å²) < 4.78 is 11.0. The summed E-state index contributed by atoms with van der Waals surface area (Å²) in [6.45, 7) is 3.20. The highest BCUT2D eigenvalue weighted by molar-refractivity contribution is 5.98. The first-order valence-electron chi connectivity index (χ1n) is 11.2. The molecule has 4 rings (SSSR count). The smallest absolute Gasteiger partial charge is 0.247 e. The van der Waals surface area contributed by atoms with E-state index < -0.39 is 0 Å². The number of nitrogens with zero attached hydrogens (tertiary/aromatic N) is 3. The van der Waals surface area contributed by atoms with Gasteiger partial charge in [-0.2, -0.15) is 0 Å². The third-order valence-electron chi connectivity index (χ3n) is 6.26. The van der Waals surface area contributed by atoms with Gasteiger partial charge in [0.2, 0.25) is 23.6 Å². The van der Waals surface area contributed by atoms with Crippen molar-refractivity contribution >= 4 is 17.5 Å². The zero-order chi connectivity index (χ0) is 21.8. The molecule has 1 saturated heterocycles. The molecule has 166 valence electrons. The van der Waals surface area contributed by atoms with Crippen molar-refractivity contribution < 1.29 is 18.7 Å². The van der Waals surface area contributed by atoms with Crippen LogP contribution in [0.4, 0.5) is 5.69 Å². The van der Waals surface area contributed by atoms with Gasteiger partial charge in [-0.1, -0.05) is 26.2 Å². The summed E-state index contributed by atoms with van der Waals surface area (Å²) in [6.07, 6.45) is 7.04. The summed E-state index contributed by atoms with van der Waals surface area (Å²) in [6, 6.07) is 5.34. The van der Waals surface area contributed by atoms with Crippen molar-refractivity contribution in [3.8, 4) is 17.2 Å². The van der Waals surface area contributed by atoms with Crippen molar-refractivity contribution in [1.29, 1.82) is 0 Å². The van der Waals surface area contributed by atoms with Crippen LogP contribution < -0.4 is 10.1 Å². The van der Waals surface area contributed by atoms with Gasteiger partial charge in [-0.15, -0.1) is 10.2 Å². The zero-order valence-corrected chi connectivity index (χ0v) is 18.2. The van der Waals surface area contributed by atoms with Crippen molar-refractivity contribution in [2.75, 3.05) is 25.5 Å². The second kappa shape index (κ2) is 9.49. The SMILES string of the molecule is CCc1nnc(-c2ccc(OC)c(NC(=O)[C@H]3CC(=O)N(CC4CCCCC4)C3)c2)o1. The van der Waals surface area contributed by atoms with Crippen LogP contribution in [-0.4, -0.2) is 47.1 Å². The van der Waals surface area contributed by atoms with Crippen LogP contribution >= 0.6 is 0 Å². The number of hydrogen-bond acceptors (Lipinski definition) is 6. The topological polar surface area (TPSA) is 97.6 Å². The van der Waals surface area contributed by atoms with E-state index in [1.54, 1.807) is 19.2 Å². The lowest BCUT2D eigenvalue weighted by Crippen LogP contribution is -2.33. The van der Waals surface area contributed by atoms with E-state index in [1.807, 2.05) is 17.9 Å². The Balaban J connectivity index is 1.43. The van der Waals surface area contributed by atoms with Gasteiger partial charge in [0.15, 0.2) is 0 Å². The first-order chi connectivity index (χ1) is 15.1. The highest BCUT2D eigenvalue weighted by atomic mass is 16.5. The van der Waals surface area contributed by atoms with Crippen LogP contribution in [-0.2, 0) is 16.0 Å². The van der Waals surface area contributed by atoms with Crippen LogP contribution in [0.15, 0.2) is 22.6 Å². The number of nitrogens with one attached hydrogen (secondary N) is 1. The summed E-state index contributed by atoms with van der Waals surface area (Å²) in [5, 5.41) is 11.0. The average molecular weight is 427 g/mol. The Bertz CT molecular complexity index is 935. The minimum Gasteiger partial charge on any atom is -0.495 e. The summed E-state index contributed by atoms with van der Waals surface area (Å²) in [4.78, 5) is 27.3. The molecule has 31 heavy (non-hydrogen) atoms. The van der Waals surface area contributed by atoms with Crippen LogP contribution in [0, 0.1) is 11.8 Å². The Morgan fingerprint density at radius 1 is 1.26 bits per heavy atom. The number of methoxy groups -OCH3 is 1. The van der Waals surface area contributed by atoms with Crippen molar-refractivity contribution in [3.05, 3.63) is 24.1 Å². The predicted octanol–water partition coefficient (Wildman–Crippen LogP) is 3.67. The summed E-state index contributed by atoms with van der Waals surface area (Å²) >= 11 is 0. The highest BCUT2D eigenvalue weighted by Crippen LogP contribution is 2.32. The lowest BCUT2D eigenvalue weighted by molar-refractivity contribution is -0.128. The fourth-order valence-electron chi connectivity index (χ4n) is 4.49. The van der Waals surface area contributed by atoms with E-state index in [2.05, 4.69) is 15.5 Å². The first kappa shape index (κ1) is 21.3. The molecule has 0 unspecified atom stereocenters. The molecular formula is C23H30N4O4. The van der Waals surface area contributed by atoms with E-state index in [4.69, 9.17) is 9.15 Å². The van der Waals surface area contributed by atoms with Crippen molar-refractivity contribution in [2.24, 2.45) is 11.8 Å². The Morgan fingerprint density at radius 2 is 2.06 bits per heavy atom. The van der Waals surface area contributed by atoms with E-state index in [1.165, 1.54) is 32.1 Å². The number of anilines is 1. The molecule has 1 atom stereocenters. The second-order valence-electron chi connectivity index (χ2n) is 8.46. The van der Waals surface area contributed by atoms with Gasteiger partial charge in [0.25, 0.3) is 0 Å². The lowest BCUT2D eigenvalue weighted by Gasteiger charge is -2.27. The minimum atomic E-state index is -0.362. The average Bonchev–Trinajstić information content (AvgIpc) is 3.41. The van der Waals surface area contributed by atoms with E-state index in [0.29, 0.717) is 47.7 Å². The molecule has 0 radical (unpaired) electrons. The zero-order valence-electron chi connectivity index (χ0n) is 18.2. The Labute approximate surface area is 182 Å². The Kier molecular flexibility index (Phi) is 6.53. The molecule has 8 heteroatoms. The van der Waals surface area contributed by atoms with Gasteiger partial charge in [-0.05, 0) is 37.0 Å². The largest absolute Gasteiger partial charge is 0.495 e. The molecule has 1 aliphatic carbocycles. The predicted molar refractivity (Wildman–Crippen MR) is 116 cm³/mol. The molecule has 1 N–H and O–H groups in total. The van der Waals surface area contributed by atoms with E-state index in [9.17, 15) is 9.59 Å². The minimum absolute atomic E-state index is 0.0735. The Hall–Kier alpha value is -2.90. The molecule has 1 aliphatic heterocycles. The third kappa shape index (κ3) is 4.89. The Morgan fingerprint density at radius 3 is 2.77 bits per heavy atom. The van der Waals surface area contributed by atoms with E-state index >= 15 is 0 Å². The number of aryl methyl sites for hydroxylation is 1. The standard InChI is InChI=1S/C23H30N4O4/c1-3-20-25-26-23(31-20)16-9-10-19(30-2)18(11-16)24-22(29)17-12-21(28)27(14-17)13-15-7-5-4-6-8-15/h9-11,15,17H,3-8,12-14H2,1-2H3,(H,24,29)/t17-/m0/s1. The number of likely N-dealkylation sites (tertiary alicyclic amines) is 1. The number of aromatic nitrogens is 2. The number of benzene rings is 1. The molecule has 2 aromatic rings. The van der Waals surface area contributed by atoms with Crippen LogP contribution in [0.2, 0.25) is 0 Å². The number of rotatable bonds is 7. The molecule has 2 amide bonds. The fourth-order valence-corrected chi connectivity index (χ4v) is 4.49. The number of amides is 2. The summed E-state index contributed by atoms with van der Waals surface area (Å²) in [5.41, 5.74) is 1.23. The maximum absolute atomic E-state index is 13.0. The van der Waals surface area contributed by atoms with Crippen molar-refractivity contribution in [3.63, 3.8) is 0 Å². The normalized spacial score (nSPS) is 19.6. The summed E-state index contributed by atoms with van der Waals surface area (Å²) in [5.74, 6) is 1.59. The lowest BCUT2D eigenvalue weighted by atomic mass is 9.89. The molecule has 1 aromatic carbocycles. The van der Waals surface area contributed by atoms with Gasteiger partial charge < -0.3 is 19.4 Å². The number of ether oxygens (including phenoxy) is 1. The molecule has 2 aliphatic rings. The third-order valence-corrected chi connectivity index (χ3v) is 6.26. The van der Waals surface area contributed by atoms with Gasteiger partial charge in [-0.25, -0.2) is 0 Å². The number of carbonyl (C=O) groups excluding carboxylic acids is 2. The van der Waals surface area contributed by atoms with Crippen molar-refractivity contribution in [2.45, 2.75) is 51.9 Å². The molecular weight excluding hydrogens is 396 g/mol. The van der Waals surface area contributed by atoms with E-state index in [0.717, 1.165) is 6.54 Å². The fraction of sp³-hybridized carbons (Fsp3) is 0.565. The molecule has 2 fully saturated rings. The monoisotopic (exact) mass is 426 g/mol. The maximum atomic E-state index is 13.0. The number of carbonyl (C=O) groups is 2. The van der Waals surface area contributed by atoms with Gasteiger partial charge in [-0.3, -0.25) is 9.59 Å². The van der Waals surface area contributed by atoms with Crippen LogP contribution in [0.5, 0.6) is 5.75 Å². The summed E-state index contributed by atoms with van der Waals surface area (Å²) in [7, 11) is 1.55. The van der Waals surface area contributed by atoms with Crippen LogP contribution in [0.3, 0.4) is 0 Å². The molecule has 2 heterocycles. The van der Waals surface area contributed by atoms with Crippen LogP contribution in [0.25, 0.3) is 11.5 Å². The second-order valence-corrected chi connectivity index (χ2v) is 8.46. The van der Waals surface area contributed by atoms with Gasteiger partial charge in [0.05, 0.1) is 18.7 Å². The van der Waals surface area contributed by atoms with Crippen LogP contribution in [0.1, 0.15) is 51.3 Å². The molecule has 0 bridgehead atoms. The quantitative estimate of drug-likeness (QED) is 0.725. The highest BCUT2D eigenvalue weighted by Gasteiger charge is 2.35. The molecule has 1 saturated carbocycles. The van der Waals surface area contributed by atoms with Crippen molar-refractivity contribution in [1.82, 2.24) is 15.1 Å². The molecule has 8 nitrogen and oxygen atoms in total. The molecule has 0 spiro atoms. The van der Waals surface area contributed by atoms with Gasteiger partial charge in [0.1, 0.15) is 5.75 Å². The van der Waals surface area contributed by atoms with Gasteiger partial charge in [0, 0.05) is 31.5 Å². The van der Waals surface area contributed by atoms with Gasteiger partial charge >= 0.3 is 0 Å². The number of hydrogen-bond donors (Lipinski definition) is 1. The maximum Gasteiger partial charge on any atom is 0.247 e.